The molecule has 0 aromatic carbocycles. The third kappa shape index (κ3) is 4.57. The van der Waals surface area contributed by atoms with Crippen LogP contribution in [0.5, 0.6) is 0 Å². The van der Waals surface area contributed by atoms with Gasteiger partial charge in [-0.2, -0.15) is 4.98 Å². The minimum absolute atomic E-state index is 0.0421. The predicted molar refractivity (Wildman–Crippen MR) is 100 cm³/mol. The van der Waals surface area contributed by atoms with Crippen LogP contribution in [0.25, 0.3) is 0 Å². The number of thioether (sulfide) groups is 1. The molecule has 5 unspecified atom stereocenters. The lowest BCUT2D eigenvalue weighted by atomic mass is 9.75. The molecular formula is C18H29N3O3S. The number of hydrogen-bond acceptors (Lipinski definition) is 6. The van der Waals surface area contributed by atoms with Gasteiger partial charge in [-0.15, -0.1) is 11.8 Å². The average molecular weight is 368 g/mol. The second kappa shape index (κ2) is 8.10. The van der Waals surface area contributed by atoms with Gasteiger partial charge in [-0.3, -0.25) is 4.57 Å². The van der Waals surface area contributed by atoms with Gasteiger partial charge in [0, 0.05) is 11.9 Å². The minimum atomic E-state index is -0.367. The zero-order valence-electron chi connectivity index (χ0n) is 15.3. The molecule has 3 rings (SSSR count). The highest BCUT2D eigenvalue weighted by Crippen LogP contribution is 2.37. The van der Waals surface area contributed by atoms with Crippen LogP contribution in [0.4, 0.5) is 5.82 Å². The molecule has 1 aliphatic carbocycles. The van der Waals surface area contributed by atoms with Crippen LogP contribution in [-0.2, 0) is 9.47 Å². The Morgan fingerprint density at radius 1 is 1.48 bits per heavy atom. The molecule has 0 amide bonds. The second-order valence-corrected chi connectivity index (χ2v) is 8.79. The fourth-order valence-electron chi connectivity index (χ4n) is 3.83. The van der Waals surface area contributed by atoms with Crippen molar-refractivity contribution in [2.24, 2.45) is 17.8 Å². The third-order valence-electron chi connectivity index (χ3n) is 5.30. The Morgan fingerprint density at radius 2 is 2.28 bits per heavy atom. The molecule has 140 valence electrons. The van der Waals surface area contributed by atoms with E-state index in [1.807, 2.05) is 0 Å². The summed E-state index contributed by atoms with van der Waals surface area (Å²) in [7, 11) is 0. The van der Waals surface area contributed by atoms with Crippen molar-refractivity contribution < 1.29 is 9.47 Å². The monoisotopic (exact) mass is 367 g/mol. The van der Waals surface area contributed by atoms with Gasteiger partial charge in [0.2, 0.25) is 0 Å². The maximum atomic E-state index is 11.9. The number of nitrogens with zero attached hydrogens (tertiary/aromatic N) is 2. The van der Waals surface area contributed by atoms with E-state index in [1.165, 1.54) is 17.4 Å². The Bertz CT molecular complexity index is 636. The van der Waals surface area contributed by atoms with Gasteiger partial charge in [0.25, 0.3) is 0 Å². The van der Waals surface area contributed by atoms with Crippen LogP contribution in [-0.4, -0.2) is 33.5 Å². The van der Waals surface area contributed by atoms with Crippen LogP contribution in [0.1, 0.15) is 46.3 Å². The molecule has 1 aromatic heterocycles. The first-order chi connectivity index (χ1) is 11.9. The molecule has 2 fully saturated rings. The Kier molecular flexibility index (Phi) is 6.07. The summed E-state index contributed by atoms with van der Waals surface area (Å²) < 4.78 is 13.8. The summed E-state index contributed by atoms with van der Waals surface area (Å²) in [5.41, 5.74) is 5.13. The van der Waals surface area contributed by atoms with E-state index < -0.39 is 0 Å². The van der Waals surface area contributed by atoms with Crippen molar-refractivity contribution in [2.45, 2.75) is 57.8 Å². The van der Waals surface area contributed by atoms with E-state index >= 15 is 0 Å². The molecule has 1 saturated carbocycles. The molecule has 2 heterocycles. The number of rotatable bonds is 5. The van der Waals surface area contributed by atoms with Gasteiger partial charge in [0.1, 0.15) is 17.5 Å². The average Bonchev–Trinajstić information content (AvgIpc) is 3.01. The summed E-state index contributed by atoms with van der Waals surface area (Å²) >= 11 is 1.69. The molecule has 2 N–H and O–H groups in total. The highest BCUT2D eigenvalue weighted by molar-refractivity contribution is 8.00. The highest BCUT2D eigenvalue weighted by atomic mass is 32.2. The molecule has 0 radical (unpaired) electrons. The molecule has 25 heavy (non-hydrogen) atoms. The van der Waals surface area contributed by atoms with E-state index in [1.54, 1.807) is 24.0 Å². The van der Waals surface area contributed by atoms with E-state index in [0.717, 1.165) is 12.3 Å². The number of aromatic nitrogens is 2. The van der Waals surface area contributed by atoms with Crippen LogP contribution < -0.4 is 11.4 Å². The number of ether oxygens (including phenoxy) is 2. The smallest absolute Gasteiger partial charge is 0.351 e. The Labute approximate surface area is 153 Å². The SMILES string of the molecule is CC1CCC(C(C)C)C(OCC2OC(n3ccc(N)nc3=O)CS2)C1. The highest BCUT2D eigenvalue weighted by Gasteiger charge is 2.34. The standard InChI is InChI=1S/C18H29N3O3S/c1-11(2)13-5-4-12(3)8-14(13)23-9-17-24-16(10-25-17)21-7-6-15(19)20-18(21)22/h6-7,11-14,16-17H,4-5,8-10H2,1-3H3,(H2,19,20,22). The van der Waals surface area contributed by atoms with Crippen molar-refractivity contribution in [2.75, 3.05) is 18.1 Å². The summed E-state index contributed by atoms with van der Waals surface area (Å²) in [6.07, 6.45) is 5.34. The number of hydrogen-bond donors (Lipinski definition) is 1. The Hall–Kier alpha value is -1.05. The molecule has 0 spiro atoms. The number of anilines is 1. The first kappa shape index (κ1) is 18.7. The van der Waals surface area contributed by atoms with Gasteiger partial charge in [-0.25, -0.2) is 4.79 Å². The fourth-order valence-corrected chi connectivity index (χ4v) is 4.83. The Balaban J connectivity index is 1.55. The second-order valence-electron chi connectivity index (χ2n) is 7.59. The molecular weight excluding hydrogens is 338 g/mol. The van der Waals surface area contributed by atoms with Crippen LogP contribution in [0.15, 0.2) is 17.1 Å². The molecule has 6 nitrogen and oxygen atoms in total. The van der Waals surface area contributed by atoms with Gasteiger partial charge in [0.05, 0.1) is 12.7 Å². The van der Waals surface area contributed by atoms with Crippen LogP contribution in [0.2, 0.25) is 0 Å². The quantitative estimate of drug-likeness (QED) is 0.862. The molecule has 1 aliphatic heterocycles. The predicted octanol–water partition coefficient (Wildman–Crippen LogP) is 2.89. The summed E-state index contributed by atoms with van der Waals surface area (Å²) in [4.78, 5) is 15.7. The van der Waals surface area contributed by atoms with E-state index in [-0.39, 0.29) is 23.2 Å². The van der Waals surface area contributed by atoms with Crippen molar-refractivity contribution in [3.05, 3.63) is 22.7 Å². The van der Waals surface area contributed by atoms with Crippen molar-refractivity contribution >= 4 is 17.6 Å². The van der Waals surface area contributed by atoms with Crippen LogP contribution in [0.3, 0.4) is 0 Å². The minimum Gasteiger partial charge on any atom is -0.383 e. The zero-order chi connectivity index (χ0) is 18.0. The molecule has 1 aromatic rings. The number of nitrogens with two attached hydrogens (primary N) is 1. The number of nitrogen functional groups attached to an aromatic ring is 1. The van der Waals surface area contributed by atoms with Gasteiger partial charge in [-0.1, -0.05) is 27.2 Å². The van der Waals surface area contributed by atoms with Crippen molar-refractivity contribution in [1.29, 1.82) is 0 Å². The first-order valence-corrected chi connectivity index (χ1v) is 10.2. The fraction of sp³-hybridized carbons (Fsp3) is 0.778. The van der Waals surface area contributed by atoms with E-state index in [0.29, 0.717) is 30.3 Å². The van der Waals surface area contributed by atoms with Crippen molar-refractivity contribution in [3.8, 4) is 0 Å². The van der Waals surface area contributed by atoms with Gasteiger partial charge in [0.15, 0.2) is 0 Å². The van der Waals surface area contributed by atoms with E-state index in [4.69, 9.17) is 15.2 Å². The van der Waals surface area contributed by atoms with E-state index in [2.05, 4.69) is 25.8 Å². The van der Waals surface area contributed by atoms with Gasteiger partial charge >= 0.3 is 5.69 Å². The molecule has 5 atom stereocenters. The van der Waals surface area contributed by atoms with Crippen molar-refractivity contribution in [3.63, 3.8) is 0 Å². The summed E-state index contributed by atoms with van der Waals surface area (Å²) in [6, 6.07) is 1.62. The summed E-state index contributed by atoms with van der Waals surface area (Å²) in [5.74, 6) is 2.94. The summed E-state index contributed by atoms with van der Waals surface area (Å²) in [6.45, 7) is 7.45. The van der Waals surface area contributed by atoms with Gasteiger partial charge in [-0.05, 0) is 36.7 Å². The third-order valence-corrected chi connectivity index (χ3v) is 6.40. The largest absolute Gasteiger partial charge is 0.383 e. The molecule has 2 aliphatic rings. The molecule has 7 heteroatoms. The van der Waals surface area contributed by atoms with Gasteiger partial charge < -0.3 is 15.2 Å². The Morgan fingerprint density at radius 3 is 3.00 bits per heavy atom. The maximum Gasteiger partial charge on any atom is 0.351 e. The lowest BCUT2D eigenvalue weighted by Crippen LogP contribution is -2.36. The van der Waals surface area contributed by atoms with E-state index in [9.17, 15) is 4.79 Å². The molecule has 0 bridgehead atoms. The van der Waals surface area contributed by atoms with Crippen LogP contribution >= 0.6 is 11.8 Å². The molecule has 1 saturated heterocycles. The summed E-state index contributed by atoms with van der Waals surface area (Å²) in [5, 5.41) is 0. The van der Waals surface area contributed by atoms with Crippen molar-refractivity contribution in [1.82, 2.24) is 9.55 Å². The first-order valence-electron chi connectivity index (χ1n) is 9.17. The normalized spacial score (nSPS) is 33.0. The topological polar surface area (TPSA) is 79.4 Å². The maximum absolute atomic E-state index is 11.9. The zero-order valence-corrected chi connectivity index (χ0v) is 16.1. The lowest BCUT2D eigenvalue weighted by Gasteiger charge is -2.37. The lowest BCUT2D eigenvalue weighted by molar-refractivity contribution is -0.0810. The van der Waals surface area contributed by atoms with Crippen LogP contribution in [0, 0.1) is 17.8 Å².